The van der Waals surface area contributed by atoms with E-state index in [0.717, 1.165) is 22.0 Å². The molecule has 0 saturated heterocycles. The van der Waals surface area contributed by atoms with E-state index in [-0.39, 0.29) is 5.91 Å². The number of aryl methyl sites for hydroxylation is 1. The van der Waals surface area contributed by atoms with Crippen molar-refractivity contribution in [3.63, 3.8) is 0 Å². The summed E-state index contributed by atoms with van der Waals surface area (Å²) in [7, 11) is 0. The number of pyridine rings is 1. The molecule has 1 aromatic carbocycles. The Labute approximate surface area is 88.1 Å². The third-order valence-corrected chi connectivity index (χ3v) is 2.31. The summed E-state index contributed by atoms with van der Waals surface area (Å²) < 4.78 is 0. The molecule has 1 amide bonds. The molecule has 0 saturated carbocycles. The monoisotopic (exact) mass is 200 g/mol. The minimum absolute atomic E-state index is 0.0657. The van der Waals surface area contributed by atoms with Crippen LogP contribution in [0.1, 0.15) is 12.5 Å². The zero-order valence-corrected chi connectivity index (χ0v) is 8.74. The average molecular weight is 200 g/mol. The largest absolute Gasteiger partial charge is 0.326 e. The summed E-state index contributed by atoms with van der Waals surface area (Å²) in [6.07, 6.45) is 3.59. The van der Waals surface area contributed by atoms with Gasteiger partial charge in [0.15, 0.2) is 0 Å². The topological polar surface area (TPSA) is 42.0 Å². The Morgan fingerprint density at radius 3 is 2.80 bits per heavy atom. The van der Waals surface area contributed by atoms with Crippen LogP contribution in [0, 0.1) is 6.92 Å². The third kappa shape index (κ3) is 1.81. The van der Waals surface area contributed by atoms with E-state index in [1.54, 1.807) is 6.20 Å². The van der Waals surface area contributed by atoms with Gasteiger partial charge in [-0.05, 0) is 23.9 Å². The van der Waals surface area contributed by atoms with Gasteiger partial charge in [0, 0.05) is 24.7 Å². The number of carbonyl (C=O) groups is 1. The first-order valence-corrected chi connectivity index (χ1v) is 4.79. The summed E-state index contributed by atoms with van der Waals surface area (Å²) in [6, 6.07) is 5.84. The fourth-order valence-corrected chi connectivity index (χ4v) is 1.64. The highest BCUT2D eigenvalue weighted by Crippen LogP contribution is 2.24. The zero-order chi connectivity index (χ0) is 10.8. The maximum Gasteiger partial charge on any atom is 0.221 e. The Morgan fingerprint density at radius 1 is 1.27 bits per heavy atom. The Kier molecular flexibility index (Phi) is 2.37. The Hall–Kier alpha value is -1.90. The predicted octanol–water partition coefficient (Wildman–Crippen LogP) is 2.50. The molecule has 0 bridgehead atoms. The van der Waals surface area contributed by atoms with Gasteiger partial charge in [0.2, 0.25) is 5.91 Å². The standard InChI is InChI=1S/C12H12N2O/c1-8-6-13-7-11-10(8)4-3-5-12(11)14-9(2)15/h3-7H,1-2H3,(H,14,15). The summed E-state index contributed by atoms with van der Waals surface area (Å²) >= 11 is 0. The van der Waals surface area contributed by atoms with E-state index in [4.69, 9.17) is 0 Å². The van der Waals surface area contributed by atoms with Gasteiger partial charge >= 0.3 is 0 Å². The average Bonchev–Trinajstić information content (AvgIpc) is 2.19. The summed E-state index contributed by atoms with van der Waals surface area (Å²) in [5.41, 5.74) is 1.93. The van der Waals surface area contributed by atoms with Crippen molar-refractivity contribution in [3.05, 3.63) is 36.2 Å². The minimum Gasteiger partial charge on any atom is -0.326 e. The molecular formula is C12H12N2O. The molecule has 0 fully saturated rings. The maximum absolute atomic E-state index is 11.0. The molecule has 2 aromatic rings. The van der Waals surface area contributed by atoms with Crippen molar-refractivity contribution in [1.82, 2.24) is 4.98 Å². The predicted molar refractivity (Wildman–Crippen MR) is 60.8 cm³/mol. The van der Waals surface area contributed by atoms with Gasteiger partial charge in [-0.2, -0.15) is 0 Å². The van der Waals surface area contributed by atoms with E-state index in [2.05, 4.69) is 10.3 Å². The molecule has 76 valence electrons. The van der Waals surface area contributed by atoms with Crippen LogP contribution in [0.3, 0.4) is 0 Å². The van der Waals surface area contributed by atoms with Crippen LogP contribution < -0.4 is 5.32 Å². The van der Waals surface area contributed by atoms with Crippen molar-refractivity contribution >= 4 is 22.4 Å². The number of hydrogen-bond acceptors (Lipinski definition) is 2. The Bertz CT molecular complexity index is 520. The molecule has 1 heterocycles. The van der Waals surface area contributed by atoms with Gasteiger partial charge < -0.3 is 5.32 Å². The lowest BCUT2D eigenvalue weighted by Gasteiger charge is -2.07. The number of carbonyl (C=O) groups excluding carboxylic acids is 1. The van der Waals surface area contributed by atoms with Crippen molar-refractivity contribution in [3.8, 4) is 0 Å². The van der Waals surface area contributed by atoms with Crippen LogP contribution in [0.15, 0.2) is 30.6 Å². The van der Waals surface area contributed by atoms with Crippen molar-refractivity contribution in [2.75, 3.05) is 5.32 Å². The van der Waals surface area contributed by atoms with Crippen molar-refractivity contribution in [1.29, 1.82) is 0 Å². The number of nitrogens with one attached hydrogen (secondary N) is 1. The molecule has 1 N–H and O–H groups in total. The van der Waals surface area contributed by atoms with Gasteiger partial charge in [0.1, 0.15) is 0 Å². The van der Waals surface area contributed by atoms with Gasteiger partial charge in [-0.15, -0.1) is 0 Å². The lowest BCUT2D eigenvalue weighted by atomic mass is 10.1. The number of benzene rings is 1. The van der Waals surface area contributed by atoms with Crippen LogP contribution in [0.25, 0.3) is 10.8 Å². The number of anilines is 1. The van der Waals surface area contributed by atoms with Crippen LogP contribution in [0.5, 0.6) is 0 Å². The molecule has 0 atom stereocenters. The number of aromatic nitrogens is 1. The van der Waals surface area contributed by atoms with Gasteiger partial charge in [0.25, 0.3) is 0 Å². The lowest BCUT2D eigenvalue weighted by Crippen LogP contribution is -2.06. The van der Waals surface area contributed by atoms with Gasteiger partial charge in [0.05, 0.1) is 5.69 Å². The number of nitrogens with zero attached hydrogens (tertiary/aromatic N) is 1. The molecule has 15 heavy (non-hydrogen) atoms. The van der Waals surface area contributed by atoms with Crippen molar-refractivity contribution < 1.29 is 4.79 Å². The molecule has 0 aliphatic carbocycles. The van der Waals surface area contributed by atoms with E-state index in [1.165, 1.54) is 6.92 Å². The molecule has 3 nitrogen and oxygen atoms in total. The Morgan fingerprint density at radius 2 is 2.07 bits per heavy atom. The summed E-state index contributed by atoms with van der Waals surface area (Å²) in [6.45, 7) is 3.51. The number of amides is 1. The highest BCUT2D eigenvalue weighted by Gasteiger charge is 2.03. The van der Waals surface area contributed by atoms with Crippen molar-refractivity contribution in [2.24, 2.45) is 0 Å². The number of fused-ring (bicyclic) bond motifs is 1. The number of rotatable bonds is 1. The van der Waals surface area contributed by atoms with Gasteiger partial charge in [-0.1, -0.05) is 12.1 Å². The first-order valence-electron chi connectivity index (χ1n) is 4.79. The highest BCUT2D eigenvalue weighted by atomic mass is 16.1. The Balaban J connectivity index is 2.65. The smallest absolute Gasteiger partial charge is 0.221 e. The van der Waals surface area contributed by atoms with Crippen LogP contribution >= 0.6 is 0 Å². The first kappa shape index (κ1) is 9.65. The van der Waals surface area contributed by atoms with E-state index >= 15 is 0 Å². The molecule has 0 unspecified atom stereocenters. The molecule has 3 heteroatoms. The van der Waals surface area contributed by atoms with E-state index in [0.29, 0.717) is 0 Å². The van der Waals surface area contributed by atoms with E-state index in [9.17, 15) is 4.79 Å². The quantitative estimate of drug-likeness (QED) is 0.768. The third-order valence-electron chi connectivity index (χ3n) is 2.31. The molecule has 2 rings (SSSR count). The second kappa shape index (κ2) is 3.69. The fraction of sp³-hybridized carbons (Fsp3) is 0.167. The highest BCUT2D eigenvalue weighted by molar-refractivity contribution is 6.01. The maximum atomic E-state index is 11.0. The summed E-state index contributed by atoms with van der Waals surface area (Å²) in [4.78, 5) is 15.1. The fourth-order valence-electron chi connectivity index (χ4n) is 1.64. The molecular weight excluding hydrogens is 188 g/mol. The van der Waals surface area contributed by atoms with Gasteiger partial charge in [-0.25, -0.2) is 0 Å². The molecule has 0 aliphatic rings. The SMILES string of the molecule is CC(=O)Nc1cccc2c(C)cncc12. The first-order chi connectivity index (χ1) is 7.18. The van der Waals surface area contributed by atoms with E-state index < -0.39 is 0 Å². The minimum atomic E-state index is -0.0657. The number of hydrogen-bond donors (Lipinski definition) is 1. The molecule has 1 aromatic heterocycles. The second-order valence-corrected chi connectivity index (χ2v) is 3.54. The van der Waals surface area contributed by atoms with Crippen LogP contribution in [-0.2, 0) is 4.79 Å². The van der Waals surface area contributed by atoms with Crippen LogP contribution in [0.4, 0.5) is 5.69 Å². The van der Waals surface area contributed by atoms with Crippen LogP contribution in [0.2, 0.25) is 0 Å². The molecule has 0 radical (unpaired) electrons. The van der Waals surface area contributed by atoms with Crippen molar-refractivity contribution in [2.45, 2.75) is 13.8 Å². The second-order valence-electron chi connectivity index (χ2n) is 3.54. The van der Waals surface area contributed by atoms with Gasteiger partial charge in [-0.3, -0.25) is 9.78 Å². The van der Waals surface area contributed by atoms with E-state index in [1.807, 2.05) is 31.3 Å². The van der Waals surface area contributed by atoms with Crippen LogP contribution in [-0.4, -0.2) is 10.9 Å². The lowest BCUT2D eigenvalue weighted by molar-refractivity contribution is -0.114. The molecule has 0 aliphatic heterocycles. The summed E-state index contributed by atoms with van der Waals surface area (Å²) in [5.74, 6) is -0.0657. The normalized spacial score (nSPS) is 10.3. The zero-order valence-electron chi connectivity index (χ0n) is 8.74. The molecule has 0 spiro atoms. The summed E-state index contributed by atoms with van der Waals surface area (Å²) in [5, 5.41) is 4.90.